The number of amides is 1. The van der Waals surface area contributed by atoms with Crippen LogP contribution >= 0.6 is 11.3 Å². The summed E-state index contributed by atoms with van der Waals surface area (Å²) in [6.45, 7) is 3.07. The van der Waals surface area contributed by atoms with Crippen molar-refractivity contribution in [1.29, 1.82) is 0 Å². The largest absolute Gasteiger partial charge is 0.467 e. The molecule has 0 fully saturated rings. The molecule has 0 aliphatic carbocycles. The van der Waals surface area contributed by atoms with Crippen molar-refractivity contribution in [2.24, 2.45) is 0 Å². The molecule has 0 bridgehead atoms. The maximum Gasteiger partial charge on any atom is 0.330 e. The first-order valence-electron chi connectivity index (χ1n) is 6.47. The molecular weight excluding hydrogens is 307 g/mol. The summed E-state index contributed by atoms with van der Waals surface area (Å²) >= 11 is 1.05. The Hall–Kier alpha value is -2.28. The number of carbonyl (C=O) groups excluding carboxylic acids is 2. The van der Waals surface area contributed by atoms with Crippen molar-refractivity contribution < 1.29 is 18.7 Å². The number of halogens is 1. The second-order valence-corrected chi connectivity index (χ2v) is 6.11. The van der Waals surface area contributed by atoms with Crippen molar-refractivity contribution in [3.05, 3.63) is 41.2 Å². The summed E-state index contributed by atoms with van der Waals surface area (Å²) in [4.78, 5) is 28.1. The van der Waals surface area contributed by atoms with Crippen LogP contribution in [0.2, 0.25) is 0 Å². The Kier molecular flexibility index (Phi) is 4.56. The van der Waals surface area contributed by atoms with Crippen LogP contribution in [0.25, 0.3) is 10.6 Å². The van der Waals surface area contributed by atoms with Gasteiger partial charge in [-0.15, -0.1) is 11.3 Å². The Morgan fingerprint density at radius 2 is 2.00 bits per heavy atom. The first-order valence-corrected chi connectivity index (χ1v) is 7.28. The SMILES string of the molecule is COC(=O)C(C)(C)NC(=O)c1cnc(-c2ccccc2F)s1. The quantitative estimate of drug-likeness (QED) is 0.879. The molecule has 0 aliphatic rings. The van der Waals surface area contributed by atoms with Crippen molar-refractivity contribution in [1.82, 2.24) is 10.3 Å². The van der Waals surface area contributed by atoms with Crippen LogP contribution in [0.5, 0.6) is 0 Å². The average Bonchev–Trinajstić information content (AvgIpc) is 2.96. The third kappa shape index (κ3) is 3.30. The van der Waals surface area contributed by atoms with Crippen LogP contribution in [0, 0.1) is 5.82 Å². The summed E-state index contributed by atoms with van der Waals surface area (Å²) in [6.07, 6.45) is 1.36. The molecule has 0 unspecified atom stereocenters. The third-order valence-electron chi connectivity index (χ3n) is 2.96. The number of nitrogens with zero attached hydrogens (tertiary/aromatic N) is 1. The topological polar surface area (TPSA) is 68.3 Å². The number of esters is 1. The minimum atomic E-state index is -1.16. The van der Waals surface area contributed by atoms with Gasteiger partial charge in [0, 0.05) is 5.56 Å². The van der Waals surface area contributed by atoms with Gasteiger partial charge in [0.05, 0.1) is 13.3 Å². The molecule has 22 heavy (non-hydrogen) atoms. The molecule has 1 amide bonds. The minimum absolute atomic E-state index is 0.287. The molecule has 7 heteroatoms. The van der Waals surface area contributed by atoms with E-state index in [4.69, 9.17) is 0 Å². The monoisotopic (exact) mass is 322 g/mol. The Morgan fingerprint density at radius 3 is 2.64 bits per heavy atom. The number of rotatable bonds is 4. The normalized spacial score (nSPS) is 11.1. The summed E-state index contributed by atoms with van der Waals surface area (Å²) in [6, 6.07) is 6.20. The van der Waals surface area contributed by atoms with Gasteiger partial charge in [0.15, 0.2) is 0 Å². The van der Waals surface area contributed by atoms with Gasteiger partial charge in [0.2, 0.25) is 0 Å². The number of benzene rings is 1. The van der Waals surface area contributed by atoms with Gasteiger partial charge in [-0.2, -0.15) is 0 Å². The molecule has 0 atom stereocenters. The van der Waals surface area contributed by atoms with Gasteiger partial charge in [-0.05, 0) is 26.0 Å². The summed E-state index contributed by atoms with van der Waals surface area (Å²) in [7, 11) is 1.25. The Labute approximate surface area is 131 Å². The fourth-order valence-electron chi connectivity index (χ4n) is 1.79. The number of thiazole rings is 1. The number of ether oxygens (including phenoxy) is 1. The third-order valence-corrected chi connectivity index (χ3v) is 3.98. The van der Waals surface area contributed by atoms with Crippen LogP contribution in [0.15, 0.2) is 30.5 Å². The van der Waals surface area contributed by atoms with Gasteiger partial charge in [0.1, 0.15) is 21.2 Å². The second kappa shape index (κ2) is 6.23. The van der Waals surface area contributed by atoms with Crippen molar-refractivity contribution in [2.75, 3.05) is 7.11 Å². The molecule has 2 aromatic rings. The molecular formula is C15H15FN2O3S. The first-order chi connectivity index (χ1) is 10.3. The van der Waals surface area contributed by atoms with E-state index in [-0.39, 0.29) is 4.88 Å². The molecule has 116 valence electrons. The number of aromatic nitrogens is 1. The van der Waals surface area contributed by atoms with Crippen molar-refractivity contribution >= 4 is 23.2 Å². The minimum Gasteiger partial charge on any atom is -0.467 e. The van der Waals surface area contributed by atoms with E-state index in [1.807, 2.05) is 0 Å². The lowest BCUT2D eigenvalue weighted by molar-refractivity contribution is -0.146. The number of hydrogen-bond acceptors (Lipinski definition) is 5. The molecule has 1 aromatic carbocycles. The van der Waals surface area contributed by atoms with Crippen LogP contribution in [-0.2, 0) is 9.53 Å². The Morgan fingerprint density at radius 1 is 1.32 bits per heavy atom. The fraction of sp³-hybridized carbons (Fsp3) is 0.267. The van der Waals surface area contributed by atoms with Gasteiger partial charge in [-0.1, -0.05) is 12.1 Å². The van der Waals surface area contributed by atoms with Gasteiger partial charge >= 0.3 is 5.97 Å². The lowest BCUT2D eigenvalue weighted by atomic mass is 10.1. The van der Waals surface area contributed by atoms with Crippen LogP contribution in [0.4, 0.5) is 4.39 Å². The molecule has 1 aromatic heterocycles. The van der Waals surface area contributed by atoms with E-state index in [0.29, 0.717) is 10.6 Å². The van der Waals surface area contributed by atoms with E-state index in [9.17, 15) is 14.0 Å². The highest BCUT2D eigenvalue weighted by molar-refractivity contribution is 7.16. The van der Waals surface area contributed by atoms with E-state index < -0.39 is 23.2 Å². The zero-order valence-electron chi connectivity index (χ0n) is 12.3. The standard InChI is InChI=1S/C15H15FN2O3S/c1-15(2,14(20)21-3)18-12(19)11-8-17-13(22-11)9-6-4-5-7-10(9)16/h4-8H,1-3H3,(H,18,19). The fourth-order valence-corrected chi connectivity index (χ4v) is 2.63. The molecule has 2 rings (SSSR count). The molecule has 0 saturated heterocycles. The smallest absolute Gasteiger partial charge is 0.330 e. The average molecular weight is 322 g/mol. The lowest BCUT2D eigenvalue weighted by Crippen LogP contribution is -2.50. The molecule has 1 N–H and O–H groups in total. The van der Waals surface area contributed by atoms with Gasteiger partial charge in [-0.3, -0.25) is 4.79 Å². The van der Waals surface area contributed by atoms with Gasteiger partial charge in [0.25, 0.3) is 5.91 Å². The highest BCUT2D eigenvalue weighted by atomic mass is 32.1. The van der Waals surface area contributed by atoms with Crippen LogP contribution < -0.4 is 5.32 Å². The zero-order chi connectivity index (χ0) is 16.3. The Bertz CT molecular complexity index is 712. The van der Waals surface area contributed by atoms with E-state index in [0.717, 1.165) is 11.3 Å². The molecule has 0 radical (unpaired) electrons. The summed E-state index contributed by atoms with van der Waals surface area (Å²) in [5.74, 6) is -1.42. The summed E-state index contributed by atoms with van der Waals surface area (Å²) in [5, 5.41) is 2.97. The predicted octanol–water partition coefficient (Wildman–Crippen LogP) is 2.63. The molecule has 0 spiro atoms. The number of hydrogen-bond donors (Lipinski definition) is 1. The van der Waals surface area contributed by atoms with Crippen LogP contribution in [0.3, 0.4) is 0 Å². The zero-order valence-corrected chi connectivity index (χ0v) is 13.2. The first kappa shape index (κ1) is 16.1. The van der Waals surface area contributed by atoms with Gasteiger partial charge < -0.3 is 10.1 Å². The molecule has 5 nitrogen and oxygen atoms in total. The van der Waals surface area contributed by atoms with Crippen molar-refractivity contribution in [3.8, 4) is 10.6 Å². The second-order valence-electron chi connectivity index (χ2n) is 5.08. The van der Waals surface area contributed by atoms with E-state index in [2.05, 4.69) is 15.0 Å². The predicted molar refractivity (Wildman–Crippen MR) is 81.1 cm³/mol. The van der Waals surface area contributed by atoms with Crippen molar-refractivity contribution in [3.63, 3.8) is 0 Å². The van der Waals surface area contributed by atoms with E-state index in [1.165, 1.54) is 33.2 Å². The van der Waals surface area contributed by atoms with E-state index in [1.54, 1.807) is 18.2 Å². The number of methoxy groups -OCH3 is 1. The van der Waals surface area contributed by atoms with Crippen molar-refractivity contribution in [2.45, 2.75) is 19.4 Å². The van der Waals surface area contributed by atoms with E-state index >= 15 is 0 Å². The number of nitrogens with one attached hydrogen (secondary N) is 1. The maximum absolute atomic E-state index is 13.7. The molecule has 0 saturated carbocycles. The van der Waals surface area contributed by atoms with Crippen LogP contribution in [0.1, 0.15) is 23.5 Å². The molecule has 0 aliphatic heterocycles. The van der Waals surface area contributed by atoms with Crippen LogP contribution in [-0.4, -0.2) is 29.5 Å². The maximum atomic E-state index is 13.7. The highest BCUT2D eigenvalue weighted by Crippen LogP contribution is 2.27. The Balaban J connectivity index is 2.20. The lowest BCUT2D eigenvalue weighted by Gasteiger charge is -2.22. The molecule has 1 heterocycles. The van der Waals surface area contributed by atoms with Gasteiger partial charge in [-0.25, -0.2) is 14.2 Å². The summed E-state index contributed by atoms with van der Waals surface area (Å²) in [5.41, 5.74) is -0.827. The number of carbonyl (C=O) groups is 2. The highest BCUT2D eigenvalue weighted by Gasteiger charge is 2.31. The summed E-state index contributed by atoms with van der Waals surface area (Å²) < 4.78 is 18.3.